The highest BCUT2D eigenvalue weighted by Crippen LogP contribution is 2.41. The quantitative estimate of drug-likeness (QED) is 0.908. The zero-order chi connectivity index (χ0) is 14.8. The van der Waals surface area contributed by atoms with E-state index in [2.05, 4.69) is 18.3 Å². The number of para-hydroxylation sites is 1. The van der Waals surface area contributed by atoms with E-state index in [9.17, 15) is 0 Å². The lowest BCUT2D eigenvalue weighted by Crippen LogP contribution is -2.21. The number of halogens is 1. The van der Waals surface area contributed by atoms with Gasteiger partial charge in [0.15, 0.2) is 11.5 Å². The molecular weight excluding hydrogens is 288 g/mol. The van der Waals surface area contributed by atoms with Gasteiger partial charge in [0.25, 0.3) is 0 Å². The molecule has 0 aromatic heterocycles. The lowest BCUT2D eigenvalue weighted by molar-refractivity contribution is 0.174. The number of nitrogens with one attached hydrogen (secondary N) is 1. The first-order chi connectivity index (χ1) is 10.2. The van der Waals surface area contributed by atoms with Crippen LogP contribution in [0.25, 0.3) is 0 Å². The van der Waals surface area contributed by atoms with Gasteiger partial charge in [-0.05, 0) is 36.2 Å². The summed E-state index contributed by atoms with van der Waals surface area (Å²) in [6.45, 7) is 2.71. The van der Waals surface area contributed by atoms with Gasteiger partial charge in [0.1, 0.15) is 0 Å². The smallest absolute Gasteiger partial charge is 0.231 e. The number of ether oxygens (including phenoxy) is 2. The van der Waals surface area contributed by atoms with E-state index >= 15 is 0 Å². The molecule has 1 atom stereocenters. The predicted molar refractivity (Wildman–Crippen MR) is 84.2 cm³/mol. The van der Waals surface area contributed by atoms with Gasteiger partial charge in [0.2, 0.25) is 6.79 Å². The summed E-state index contributed by atoms with van der Waals surface area (Å²) < 4.78 is 10.7. The van der Waals surface area contributed by atoms with Crippen LogP contribution in [0.2, 0.25) is 5.02 Å². The molecule has 0 aliphatic carbocycles. The highest BCUT2D eigenvalue weighted by Gasteiger charge is 2.21. The molecule has 0 saturated carbocycles. The van der Waals surface area contributed by atoms with Crippen molar-refractivity contribution in [2.45, 2.75) is 13.0 Å². The van der Waals surface area contributed by atoms with Gasteiger partial charge in [-0.1, -0.05) is 29.8 Å². The molecule has 1 aliphatic heterocycles. The van der Waals surface area contributed by atoms with Gasteiger partial charge in [-0.15, -0.1) is 0 Å². The Hall–Kier alpha value is -1.91. The first-order valence-corrected chi connectivity index (χ1v) is 7.18. The number of nitrogens with two attached hydrogens (primary N) is 1. The Morgan fingerprint density at radius 1 is 1.29 bits per heavy atom. The average Bonchev–Trinajstić information content (AvgIpc) is 2.95. The molecule has 110 valence electrons. The lowest BCUT2D eigenvalue weighted by Gasteiger charge is -2.20. The van der Waals surface area contributed by atoms with E-state index in [4.69, 9.17) is 26.8 Å². The second kappa shape index (κ2) is 5.84. The van der Waals surface area contributed by atoms with Crippen molar-refractivity contribution >= 4 is 17.3 Å². The van der Waals surface area contributed by atoms with Crippen LogP contribution in [-0.4, -0.2) is 13.3 Å². The van der Waals surface area contributed by atoms with Crippen LogP contribution in [0.5, 0.6) is 11.5 Å². The standard InChI is InChI=1S/C16H17ClN2O2/c1-10-4-2-3-5-13(10)19-14(8-18)11-6-12(17)16-15(7-11)20-9-21-16/h2-7,14,19H,8-9,18H2,1H3. The fourth-order valence-corrected chi connectivity index (χ4v) is 2.66. The zero-order valence-corrected chi connectivity index (χ0v) is 12.5. The molecule has 21 heavy (non-hydrogen) atoms. The van der Waals surface area contributed by atoms with Crippen molar-refractivity contribution in [2.24, 2.45) is 5.73 Å². The second-order valence-electron chi connectivity index (χ2n) is 4.98. The third kappa shape index (κ3) is 2.77. The van der Waals surface area contributed by atoms with E-state index in [1.54, 1.807) is 0 Å². The molecule has 1 heterocycles. The van der Waals surface area contributed by atoms with Crippen LogP contribution in [0.3, 0.4) is 0 Å². The molecule has 5 heteroatoms. The van der Waals surface area contributed by atoms with E-state index in [-0.39, 0.29) is 12.8 Å². The number of fused-ring (bicyclic) bond motifs is 1. The molecule has 3 rings (SSSR count). The largest absolute Gasteiger partial charge is 0.454 e. The van der Waals surface area contributed by atoms with Crippen molar-refractivity contribution in [3.05, 3.63) is 52.5 Å². The number of hydrogen-bond donors (Lipinski definition) is 2. The van der Waals surface area contributed by atoms with Crippen LogP contribution in [0, 0.1) is 6.92 Å². The van der Waals surface area contributed by atoms with Crippen molar-refractivity contribution in [1.82, 2.24) is 0 Å². The van der Waals surface area contributed by atoms with Gasteiger partial charge >= 0.3 is 0 Å². The lowest BCUT2D eigenvalue weighted by atomic mass is 10.0. The summed E-state index contributed by atoms with van der Waals surface area (Å²) in [7, 11) is 0. The minimum absolute atomic E-state index is 0.0434. The van der Waals surface area contributed by atoms with E-state index < -0.39 is 0 Å². The Labute approximate surface area is 128 Å². The third-order valence-corrected chi connectivity index (χ3v) is 3.84. The van der Waals surface area contributed by atoms with Gasteiger partial charge in [0.05, 0.1) is 11.1 Å². The minimum atomic E-state index is -0.0434. The molecule has 0 spiro atoms. The fraction of sp³-hybridized carbons (Fsp3) is 0.250. The summed E-state index contributed by atoms with van der Waals surface area (Å²) in [6, 6.07) is 11.9. The van der Waals surface area contributed by atoms with Crippen molar-refractivity contribution < 1.29 is 9.47 Å². The Balaban J connectivity index is 1.90. The summed E-state index contributed by atoms with van der Waals surface area (Å²) >= 11 is 6.24. The van der Waals surface area contributed by atoms with Gasteiger partial charge < -0.3 is 20.5 Å². The maximum Gasteiger partial charge on any atom is 0.231 e. The Morgan fingerprint density at radius 2 is 2.10 bits per heavy atom. The normalized spacial score (nSPS) is 14.0. The fourth-order valence-electron chi connectivity index (χ4n) is 2.39. The maximum atomic E-state index is 6.24. The van der Waals surface area contributed by atoms with Gasteiger partial charge in [-0.3, -0.25) is 0 Å². The summed E-state index contributed by atoms with van der Waals surface area (Å²) in [5, 5.41) is 4.00. The van der Waals surface area contributed by atoms with E-state index in [0.717, 1.165) is 11.3 Å². The zero-order valence-electron chi connectivity index (χ0n) is 11.7. The van der Waals surface area contributed by atoms with Crippen LogP contribution in [0.1, 0.15) is 17.2 Å². The van der Waals surface area contributed by atoms with Crippen molar-refractivity contribution in [3.8, 4) is 11.5 Å². The van der Waals surface area contributed by atoms with Crippen molar-refractivity contribution in [3.63, 3.8) is 0 Å². The maximum absolute atomic E-state index is 6.24. The van der Waals surface area contributed by atoms with Crippen molar-refractivity contribution in [2.75, 3.05) is 18.7 Å². The van der Waals surface area contributed by atoms with E-state index in [1.165, 1.54) is 5.56 Å². The third-order valence-electron chi connectivity index (χ3n) is 3.56. The first-order valence-electron chi connectivity index (χ1n) is 6.80. The molecule has 2 aromatic carbocycles. The monoisotopic (exact) mass is 304 g/mol. The number of benzene rings is 2. The summed E-state index contributed by atoms with van der Waals surface area (Å²) in [5.74, 6) is 1.27. The first kappa shape index (κ1) is 14.0. The van der Waals surface area contributed by atoms with Gasteiger partial charge in [0, 0.05) is 12.2 Å². The molecule has 4 nitrogen and oxygen atoms in total. The molecule has 0 radical (unpaired) electrons. The molecular formula is C16H17ClN2O2. The van der Waals surface area contributed by atoms with Crippen LogP contribution in [0.15, 0.2) is 36.4 Å². The summed E-state index contributed by atoms with van der Waals surface area (Å²) in [5.41, 5.74) is 9.13. The van der Waals surface area contributed by atoms with E-state index in [0.29, 0.717) is 23.1 Å². The molecule has 2 aromatic rings. The molecule has 0 amide bonds. The van der Waals surface area contributed by atoms with Gasteiger partial charge in [-0.2, -0.15) is 0 Å². The molecule has 0 bridgehead atoms. The second-order valence-corrected chi connectivity index (χ2v) is 5.39. The topological polar surface area (TPSA) is 56.5 Å². The Morgan fingerprint density at radius 3 is 2.86 bits per heavy atom. The highest BCUT2D eigenvalue weighted by atomic mass is 35.5. The minimum Gasteiger partial charge on any atom is -0.454 e. The predicted octanol–water partition coefficient (Wildman–Crippen LogP) is 3.49. The molecule has 1 unspecified atom stereocenters. The van der Waals surface area contributed by atoms with Crippen LogP contribution in [0.4, 0.5) is 5.69 Å². The average molecular weight is 305 g/mol. The SMILES string of the molecule is Cc1ccccc1NC(CN)c1cc(Cl)c2c(c1)OCO2. The number of hydrogen-bond acceptors (Lipinski definition) is 4. The Bertz CT molecular complexity index is 661. The van der Waals surface area contributed by atoms with Crippen LogP contribution < -0.4 is 20.5 Å². The summed E-state index contributed by atoms with van der Waals surface area (Å²) in [4.78, 5) is 0. The number of rotatable bonds is 4. The van der Waals surface area contributed by atoms with Gasteiger partial charge in [-0.25, -0.2) is 0 Å². The number of anilines is 1. The molecule has 3 N–H and O–H groups in total. The van der Waals surface area contributed by atoms with Crippen LogP contribution >= 0.6 is 11.6 Å². The number of aryl methyl sites for hydroxylation is 1. The van der Waals surface area contributed by atoms with Crippen LogP contribution in [-0.2, 0) is 0 Å². The van der Waals surface area contributed by atoms with Crippen molar-refractivity contribution in [1.29, 1.82) is 0 Å². The summed E-state index contributed by atoms with van der Waals surface area (Å²) in [6.07, 6.45) is 0. The molecule has 0 fully saturated rings. The molecule has 0 saturated heterocycles. The Kier molecular flexibility index (Phi) is 3.90. The van der Waals surface area contributed by atoms with E-state index in [1.807, 2.05) is 30.3 Å². The highest BCUT2D eigenvalue weighted by molar-refractivity contribution is 6.32. The molecule has 1 aliphatic rings.